The normalized spacial score (nSPS) is 14.3. The first-order valence-corrected chi connectivity index (χ1v) is 6.14. The van der Waals surface area contributed by atoms with E-state index in [1.165, 1.54) is 0 Å². The molecular weight excluding hydrogens is 244 g/mol. The Labute approximate surface area is 110 Å². The van der Waals surface area contributed by atoms with Gasteiger partial charge >= 0.3 is 5.97 Å². The van der Waals surface area contributed by atoms with Gasteiger partial charge in [0, 0.05) is 24.6 Å². The minimum Gasteiger partial charge on any atom is -0.453 e. The second-order valence-electron chi connectivity index (χ2n) is 4.54. The lowest BCUT2D eigenvalue weighted by Gasteiger charge is -2.07. The summed E-state index contributed by atoms with van der Waals surface area (Å²) in [5.41, 5.74) is 6.81. The summed E-state index contributed by atoms with van der Waals surface area (Å²) in [7, 11) is 0. The lowest BCUT2D eigenvalue weighted by molar-refractivity contribution is 0.0449. The summed E-state index contributed by atoms with van der Waals surface area (Å²) in [5.74, 6) is 0.0874. The molecular formula is C13H14N4O2. The van der Waals surface area contributed by atoms with E-state index in [0.717, 1.165) is 12.8 Å². The molecule has 6 heteroatoms. The molecule has 1 fully saturated rings. The van der Waals surface area contributed by atoms with Gasteiger partial charge in [0.05, 0.1) is 5.69 Å². The maximum absolute atomic E-state index is 12.0. The summed E-state index contributed by atoms with van der Waals surface area (Å²) < 4.78 is 7.10. The Morgan fingerprint density at radius 2 is 2.16 bits per heavy atom. The Morgan fingerprint density at radius 3 is 2.84 bits per heavy atom. The number of esters is 1. The SMILES string of the molecule is Nc1cc(C(=O)OCc2ncccn2)n(C2CC2)c1. The third-order valence-electron chi connectivity index (χ3n) is 2.97. The van der Waals surface area contributed by atoms with E-state index in [1.54, 1.807) is 30.7 Å². The predicted octanol–water partition coefficient (Wildman–Crippen LogP) is 1.55. The van der Waals surface area contributed by atoms with Gasteiger partial charge in [-0.2, -0.15) is 0 Å². The molecule has 0 amide bonds. The van der Waals surface area contributed by atoms with E-state index in [-0.39, 0.29) is 6.61 Å². The first-order valence-electron chi connectivity index (χ1n) is 6.14. The van der Waals surface area contributed by atoms with Gasteiger partial charge in [-0.15, -0.1) is 0 Å². The van der Waals surface area contributed by atoms with Crippen LogP contribution in [0.3, 0.4) is 0 Å². The number of aromatic nitrogens is 3. The molecule has 2 N–H and O–H groups in total. The van der Waals surface area contributed by atoms with Crippen LogP contribution < -0.4 is 5.73 Å². The Balaban J connectivity index is 1.70. The molecule has 0 saturated heterocycles. The zero-order chi connectivity index (χ0) is 13.2. The summed E-state index contributed by atoms with van der Waals surface area (Å²) in [6.45, 7) is 0.0649. The summed E-state index contributed by atoms with van der Waals surface area (Å²) in [5, 5.41) is 0. The fourth-order valence-electron chi connectivity index (χ4n) is 1.93. The molecule has 2 heterocycles. The fourth-order valence-corrected chi connectivity index (χ4v) is 1.93. The largest absolute Gasteiger partial charge is 0.453 e. The molecule has 0 unspecified atom stereocenters. The molecule has 6 nitrogen and oxygen atoms in total. The number of carbonyl (C=O) groups is 1. The van der Waals surface area contributed by atoms with Crippen molar-refractivity contribution < 1.29 is 9.53 Å². The summed E-state index contributed by atoms with van der Waals surface area (Å²) >= 11 is 0. The highest BCUT2D eigenvalue weighted by Gasteiger charge is 2.28. The maximum atomic E-state index is 12.0. The van der Waals surface area contributed by atoms with Crippen LogP contribution in [0.1, 0.15) is 35.2 Å². The molecule has 2 aromatic heterocycles. The Kier molecular flexibility index (Phi) is 2.91. The highest BCUT2D eigenvalue weighted by Crippen LogP contribution is 2.37. The highest BCUT2D eigenvalue weighted by molar-refractivity contribution is 5.89. The van der Waals surface area contributed by atoms with E-state index in [9.17, 15) is 4.79 Å². The van der Waals surface area contributed by atoms with E-state index in [4.69, 9.17) is 10.5 Å². The van der Waals surface area contributed by atoms with Gasteiger partial charge < -0.3 is 15.0 Å². The third kappa shape index (κ3) is 2.57. The molecule has 0 spiro atoms. The summed E-state index contributed by atoms with van der Waals surface area (Å²) in [6, 6.07) is 3.74. The number of nitrogens with zero attached hydrogens (tertiary/aromatic N) is 3. The topological polar surface area (TPSA) is 83.0 Å². The quantitative estimate of drug-likeness (QED) is 0.841. The second-order valence-corrected chi connectivity index (χ2v) is 4.54. The van der Waals surface area contributed by atoms with Crippen molar-refractivity contribution in [3.63, 3.8) is 0 Å². The molecule has 0 bridgehead atoms. The predicted molar refractivity (Wildman–Crippen MR) is 68.3 cm³/mol. The van der Waals surface area contributed by atoms with Crippen molar-refractivity contribution in [2.24, 2.45) is 0 Å². The number of anilines is 1. The summed E-state index contributed by atoms with van der Waals surface area (Å²) in [4.78, 5) is 20.0. The first-order chi connectivity index (χ1) is 9.24. The average Bonchev–Trinajstić information content (AvgIpc) is 3.20. The van der Waals surface area contributed by atoms with Crippen molar-refractivity contribution in [1.29, 1.82) is 0 Å². The highest BCUT2D eigenvalue weighted by atomic mass is 16.5. The van der Waals surface area contributed by atoms with Crippen molar-refractivity contribution in [3.05, 3.63) is 42.2 Å². The number of ether oxygens (including phenoxy) is 1. The minimum absolute atomic E-state index is 0.0649. The van der Waals surface area contributed by atoms with Crippen LogP contribution in [0.2, 0.25) is 0 Å². The molecule has 0 aliphatic heterocycles. The van der Waals surface area contributed by atoms with Crippen molar-refractivity contribution in [2.45, 2.75) is 25.5 Å². The standard InChI is InChI=1S/C13H14N4O2/c14-9-6-11(17(7-9)10-2-3-10)13(18)19-8-12-15-4-1-5-16-12/h1,4-7,10H,2-3,8,14H2. The fraction of sp³-hybridized carbons (Fsp3) is 0.308. The molecule has 1 aliphatic rings. The molecule has 0 radical (unpaired) electrons. The molecule has 1 aliphatic carbocycles. The van der Waals surface area contributed by atoms with Crippen LogP contribution in [0.25, 0.3) is 0 Å². The van der Waals surface area contributed by atoms with Crippen LogP contribution >= 0.6 is 0 Å². The van der Waals surface area contributed by atoms with Crippen molar-refractivity contribution in [2.75, 3.05) is 5.73 Å². The van der Waals surface area contributed by atoms with Crippen LogP contribution in [-0.4, -0.2) is 20.5 Å². The van der Waals surface area contributed by atoms with Gasteiger partial charge in [-0.25, -0.2) is 14.8 Å². The van der Waals surface area contributed by atoms with Gasteiger partial charge in [-0.1, -0.05) is 0 Å². The second kappa shape index (κ2) is 4.72. The zero-order valence-corrected chi connectivity index (χ0v) is 10.3. The zero-order valence-electron chi connectivity index (χ0n) is 10.3. The molecule has 0 atom stereocenters. The van der Waals surface area contributed by atoms with Crippen LogP contribution in [-0.2, 0) is 11.3 Å². The lowest BCUT2D eigenvalue weighted by atomic mass is 10.4. The Morgan fingerprint density at radius 1 is 1.42 bits per heavy atom. The van der Waals surface area contributed by atoms with Crippen molar-refractivity contribution >= 4 is 11.7 Å². The van der Waals surface area contributed by atoms with Gasteiger partial charge in [0.25, 0.3) is 0 Å². The van der Waals surface area contributed by atoms with E-state index in [1.807, 2.05) is 4.57 Å². The number of hydrogen-bond donors (Lipinski definition) is 1. The molecule has 2 aromatic rings. The van der Waals surface area contributed by atoms with Crippen LogP contribution in [0.4, 0.5) is 5.69 Å². The minimum atomic E-state index is -0.393. The molecule has 0 aromatic carbocycles. The molecule has 19 heavy (non-hydrogen) atoms. The van der Waals surface area contributed by atoms with E-state index >= 15 is 0 Å². The van der Waals surface area contributed by atoms with Gasteiger partial charge in [-0.3, -0.25) is 0 Å². The van der Waals surface area contributed by atoms with E-state index < -0.39 is 5.97 Å². The monoisotopic (exact) mass is 258 g/mol. The van der Waals surface area contributed by atoms with Gasteiger partial charge in [0.1, 0.15) is 5.69 Å². The number of nitrogens with two attached hydrogens (primary N) is 1. The average molecular weight is 258 g/mol. The van der Waals surface area contributed by atoms with E-state index in [2.05, 4.69) is 9.97 Å². The number of hydrogen-bond acceptors (Lipinski definition) is 5. The number of rotatable bonds is 4. The van der Waals surface area contributed by atoms with Gasteiger partial charge in [0.2, 0.25) is 0 Å². The Bertz CT molecular complexity index is 590. The van der Waals surface area contributed by atoms with Crippen LogP contribution in [0, 0.1) is 0 Å². The molecule has 3 rings (SSSR count). The molecule has 1 saturated carbocycles. The lowest BCUT2D eigenvalue weighted by Crippen LogP contribution is -2.12. The third-order valence-corrected chi connectivity index (χ3v) is 2.97. The number of carbonyl (C=O) groups excluding carboxylic acids is 1. The van der Waals surface area contributed by atoms with Crippen molar-refractivity contribution in [3.8, 4) is 0 Å². The molecule has 98 valence electrons. The first kappa shape index (κ1) is 11.7. The smallest absolute Gasteiger partial charge is 0.355 e. The number of nitrogen functional groups attached to an aromatic ring is 1. The van der Waals surface area contributed by atoms with E-state index in [0.29, 0.717) is 23.2 Å². The Hall–Kier alpha value is -2.37. The van der Waals surface area contributed by atoms with Crippen LogP contribution in [0.15, 0.2) is 30.7 Å². The van der Waals surface area contributed by atoms with Gasteiger partial charge in [0.15, 0.2) is 12.4 Å². The van der Waals surface area contributed by atoms with Gasteiger partial charge in [-0.05, 0) is 25.0 Å². The van der Waals surface area contributed by atoms with Crippen LogP contribution in [0.5, 0.6) is 0 Å². The summed E-state index contributed by atoms with van der Waals surface area (Å²) in [6.07, 6.45) is 7.17. The maximum Gasteiger partial charge on any atom is 0.355 e. The van der Waals surface area contributed by atoms with Crippen molar-refractivity contribution in [1.82, 2.24) is 14.5 Å².